The fourth-order valence-electron chi connectivity index (χ4n) is 4.03. The van der Waals surface area contributed by atoms with Crippen molar-refractivity contribution in [2.45, 2.75) is 49.5 Å². The van der Waals surface area contributed by atoms with E-state index in [2.05, 4.69) is 20.4 Å². The summed E-state index contributed by atoms with van der Waals surface area (Å²) in [7, 11) is 0. The third-order valence-electron chi connectivity index (χ3n) is 6.05. The first-order valence-corrected chi connectivity index (χ1v) is 15.3. The number of β-lactam (4-membered cyclic amide) rings is 1. The SMILES string of the molecule is CCC[n+]1c(N)cc(N)nc1SCC1=C(C(=O)O)N2C(=O)C(NC(=O)/C(=N\O[C@@H](C)C(=O)O)c3csc(N)n3)[C@H]2SC1. The Morgan fingerprint density at radius 2 is 2.05 bits per heavy atom. The molecule has 0 saturated carbocycles. The number of carboxylic acid groups (broad SMARTS) is 2. The van der Waals surface area contributed by atoms with Crippen molar-refractivity contribution >= 4 is 81.1 Å². The first kappa shape index (κ1) is 30.8. The van der Waals surface area contributed by atoms with Crippen LogP contribution in [0.25, 0.3) is 0 Å². The van der Waals surface area contributed by atoms with Crippen molar-refractivity contribution in [1.29, 1.82) is 0 Å². The first-order valence-electron chi connectivity index (χ1n) is 12.4. The minimum Gasteiger partial charge on any atom is -0.478 e. The maximum absolute atomic E-state index is 13.2. The normalized spacial score (nSPS) is 19.1. The highest BCUT2D eigenvalue weighted by molar-refractivity contribution is 8.01. The molecule has 0 bridgehead atoms. The molecular weight excluding hydrogens is 611 g/mol. The van der Waals surface area contributed by atoms with Crippen LogP contribution < -0.4 is 27.1 Å². The van der Waals surface area contributed by atoms with Crippen molar-refractivity contribution in [1.82, 2.24) is 20.2 Å². The fourth-order valence-corrected chi connectivity index (χ4v) is 7.12. The van der Waals surface area contributed by atoms with Crippen molar-refractivity contribution < 1.29 is 38.8 Å². The Labute approximate surface area is 251 Å². The number of amides is 2. The number of carboxylic acids is 2. The van der Waals surface area contributed by atoms with Crippen molar-refractivity contribution in [3.8, 4) is 0 Å². The minimum absolute atomic E-state index is 0.0223. The lowest BCUT2D eigenvalue weighted by Gasteiger charge is -2.49. The number of carbonyl (C=O) groups is 4. The molecule has 2 aromatic rings. The molecule has 224 valence electrons. The molecular formula is C23H28N9O7S3+. The van der Waals surface area contributed by atoms with E-state index in [1.165, 1.54) is 35.8 Å². The second kappa shape index (κ2) is 12.8. The van der Waals surface area contributed by atoms with Gasteiger partial charge in [0.05, 0.1) is 12.6 Å². The number of hydrogen-bond acceptors (Lipinski definition) is 14. The summed E-state index contributed by atoms with van der Waals surface area (Å²) in [5.41, 5.74) is 17.6. The van der Waals surface area contributed by atoms with Crippen molar-refractivity contribution in [3.05, 3.63) is 28.4 Å². The summed E-state index contributed by atoms with van der Waals surface area (Å²) >= 11 is 3.56. The fraction of sp³-hybridized carbons (Fsp3) is 0.391. The van der Waals surface area contributed by atoms with Crippen LogP contribution >= 0.6 is 34.9 Å². The Morgan fingerprint density at radius 1 is 1.31 bits per heavy atom. The monoisotopic (exact) mass is 638 g/mol. The van der Waals surface area contributed by atoms with E-state index in [4.69, 9.17) is 27.1 Å². The molecule has 2 aromatic heterocycles. The van der Waals surface area contributed by atoms with Crippen LogP contribution in [0.4, 0.5) is 16.8 Å². The van der Waals surface area contributed by atoms with Gasteiger partial charge >= 0.3 is 17.1 Å². The number of thiazole rings is 1. The number of thioether (sulfide) groups is 2. The summed E-state index contributed by atoms with van der Waals surface area (Å²) in [5.74, 6) is -2.96. The van der Waals surface area contributed by atoms with Gasteiger partial charge in [0.2, 0.25) is 17.7 Å². The number of nitrogen functional groups attached to an aromatic ring is 3. The largest absolute Gasteiger partial charge is 0.478 e. The Morgan fingerprint density at radius 3 is 2.67 bits per heavy atom. The Bertz CT molecular complexity index is 1500. The van der Waals surface area contributed by atoms with Gasteiger partial charge in [-0.15, -0.1) is 23.1 Å². The van der Waals surface area contributed by atoms with Gasteiger partial charge in [-0.25, -0.2) is 19.1 Å². The highest BCUT2D eigenvalue weighted by Gasteiger charge is 2.54. The molecule has 0 radical (unpaired) electrons. The van der Waals surface area contributed by atoms with Crippen molar-refractivity contribution in [2.75, 3.05) is 28.7 Å². The zero-order valence-electron chi connectivity index (χ0n) is 22.3. The van der Waals surface area contributed by atoms with E-state index in [1.807, 2.05) is 6.92 Å². The molecule has 2 aliphatic heterocycles. The number of carbonyl (C=O) groups excluding carboxylic acids is 2. The molecule has 9 N–H and O–H groups in total. The number of aromatic nitrogens is 3. The van der Waals surface area contributed by atoms with Gasteiger partial charge in [0.15, 0.2) is 10.8 Å². The van der Waals surface area contributed by atoms with Crippen LogP contribution in [-0.2, 0) is 30.6 Å². The van der Waals surface area contributed by atoms with Crippen LogP contribution in [0.2, 0.25) is 0 Å². The molecule has 2 aliphatic rings. The predicted octanol–water partition coefficient (Wildman–Crippen LogP) is -0.293. The van der Waals surface area contributed by atoms with Crippen LogP contribution in [0, 0.1) is 0 Å². The van der Waals surface area contributed by atoms with E-state index in [0.29, 0.717) is 23.1 Å². The zero-order valence-corrected chi connectivity index (χ0v) is 24.8. The summed E-state index contributed by atoms with van der Waals surface area (Å²) < 4.78 is 1.79. The van der Waals surface area contributed by atoms with Gasteiger partial charge < -0.3 is 37.6 Å². The van der Waals surface area contributed by atoms with E-state index in [0.717, 1.165) is 22.7 Å². The van der Waals surface area contributed by atoms with Gasteiger partial charge in [-0.2, -0.15) is 0 Å². The van der Waals surface area contributed by atoms with Gasteiger partial charge in [-0.1, -0.05) is 17.1 Å². The number of anilines is 3. The molecule has 19 heteroatoms. The molecule has 3 atom stereocenters. The highest BCUT2D eigenvalue weighted by atomic mass is 32.2. The molecule has 0 aromatic carbocycles. The van der Waals surface area contributed by atoms with Crippen LogP contribution in [0.5, 0.6) is 0 Å². The standard InChI is InChI=1S/C23H27N9O7S3/c1-3-4-31-13(25)5-12(24)28-23(31)42-7-10-6-40-19-15(18(34)32(19)16(10)21(37)38)29-17(33)14(11-8-41-22(26)27-11)30-39-9(2)20(35)36/h5,8-9,15,19H,3-4,6-7H2,1-2H3,(H8,24,25,26,27,29,33,35,36,37,38)/p+1/b30-14-/t9-,15?,19+/m0/s1. The van der Waals surface area contributed by atoms with Gasteiger partial charge in [-0.3, -0.25) is 14.5 Å². The second-order valence-corrected chi connectivity index (χ2v) is 12.0. The summed E-state index contributed by atoms with van der Waals surface area (Å²) in [6.07, 6.45) is -0.578. The molecule has 16 nitrogen and oxygen atoms in total. The Hall–Kier alpha value is -4.10. The Kier molecular flexibility index (Phi) is 9.42. The van der Waals surface area contributed by atoms with E-state index in [1.54, 1.807) is 10.6 Å². The number of rotatable bonds is 12. The zero-order chi connectivity index (χ0) is 30.7. The number of nitrogens with zero attached hydrogens (tertiary/aromatic N) is 5. The number of fused-ring (bicyclic) bond motifs is 1. The number of nitrogens with two attached hydrogens (primary N) is 3. The van der Waals surface area contributed by atoms with Crippen molar-refractivity contribution in [2.24, 2.45) is 5.16 Å². The lowest BCUT2D eigenvalue weighted by atomic mass is 10.0. The minimum atomic E-state index is -1.37. The molecule has 42 heavy (non-hydrogen) atoms. The Balaban J connectivity index is 1.52. The summed E-state index contributed by atoms with van der Waals surface area (Å²) in [5, 5.41) is 26.7. The van der Waals surface area contributed by atoms with Gasteiger partial charge in [0, 0.05) is 16.9 Å². The summed E-state index contributed by atoms with van der Waals surface area (Å²) in [6, 6.07) is 0.472. The maximum Gasteiger partial charge on any atom is 0.352 e. The van der Waals surface area contributed by atoms with Crippen LogP contribution in [0.3, 0.4) is 0 Å². The smallest absolute Gasteiger partial charge is 0.352 e. The lowest BCUT2D eigenvalue weighted by Crippen LogP contribution is -2.71. The molecule has 4 heterocycles. The van der Waals surface area contributed by atoms with E-state index >= 15 is 0 Å². The molecule has 1 fully saturated rings. The van der Waals surface area contributed by atoms with E-state index < -0.39 is 41.3 Å². The quantitative estimate of drug-likeness (QED) is 0.0436. The molecule has 1 saturated heterocycles. The molecule has 2 amide bonds. The maximum atomic E-state index is 13.2. The average molecular weight is 639 g/mol. The lowest BCUT2D eigenvalue weighted by molar-refractivity contribution is -0.723. The van der Waals surface area contributed by atoms with Gasteiger partial charge in [0.25, 0.3) is 11.8 Å². The van der Waals surface area contributed by atoms with Gasteiger partial charge in [-0.05, 0) is 30.7 Å². The third-order valence-corrected chi connectivity index (χ3v) is 9.13. The number of oxime groups is 1. The van der Waals surface area contributed by atoms with Crippen LogP contribution in [0.1, 0.15) is 26.0 Å². The van der Waals surface area contributed by atoms with E-state index in [-0.39, 0.29) is 39.6 Å². The molecule has 4 rings (SSSR count). The number of nitrogens with one attached hydrogen (secondary N) is 1. The average Bonchev–Trinajstić information content (AvgIpc) is 3.36. The van der Waals surface area contributed by atoms with E-state index in [9.17, 15) is 24.3 Å². The topological polar surface area (TPSA) is 253 Å². The predicted molar refractivity (Wildman–Crippen MR) is 155 cm³/mol. The molecule has 0 aliphatic carbocycles. The summed E-state index contributed by atoms with van der Waals surface area (Å²) in [6.45, 7) is 3.79. The van der Waals surface area contributed by atoms with Crippen LogP contribution in [-0.4, -0.2) is 83.6 Å². The molecule has 0 spiro atoms. The highest BCUT2D eigenvalue weighted by Crippen LogP contribution is 2.41. The first-order chi connectivity index (χ1) is 19.9. The van der Waals surface area contributed by atoms with Gasteiger partial charge in [0.1, 0.15) is 22.8 Å². The molecule has 1 unspecified atom stereocenters. The van der Waals surface area contributed by atoms with Crippen LogP contribution in [0.15, 0.2) is 33.0 Å². The number of hydrogen-bond donors (Lipinski definition) is 6. The summed E-state index contributed by atoms with van der Waals surface area (Å²) in [4.78, 5) is 64.1. The number of aliphatic carboxylic acids is 2. The third kappa shape index (κ3) is 6.36. The second-order valence-electron chi connectivity index (χ2n) is 9.04. The van der Waals surface area contributed by atoms with Crippen molar-refractivity contribution in [3.63, 3.8) is 0 Å².